The molecular formula is C30H39NO6. The van der Waals surface area contributed by atoms with E-state index in [2.05, 4.69) is 30.3 Å². The maximum absolute atomic E-state index is 11.7. The van der Waals surface area contributed by atoms with Gasteiger partial charge in [-0.15, -0.1) is 0 Å². The molecule has 1 aliphatic heterocycles. The molecule has 0 aromatic heterocycles. The number of hydrogen-bond donors (Lipinski definition) is 1. The van der Waals surface area contributed by atoms with Crippen LogP contribution in [0, 0.1) is 17.3 Å². The summed E-state index contributed by atoms with van der Waals surface area (Å²) in [5.41, 5.74) is 2.55. The van der Waals surface area contributed by atoms with Crippen molar-refractivity contribution in [3.8, 4) is 0 Å². The second kappa shape index (κ2) is 8.65. The van der Waals surface area contributed by atoms with Crippen molar-refractivity contribution >= 4 is 12.2 Å². The fraction of sp³-hybridized carbons (Fsp3) is 0.667. The molecule has 1 N–H and O–H groups in total. The number of esters is 1. The van der Waals surface area contributed by atoms with Crippen LogP contribution in [-0.2, 0) is 23.7 Å². The summed E-state index contributed by atoms with van der Waals surface area (Å²) in [5.74, 6) is 0.881. The Hall–Kier alpha value is -2.22. The van der Waals surface area contributed by atoms with Crippen LogP contribution < -0.4 is 0 Å². The van der Waals surface area contributed by atoms with Gasteiger partial charge in [-0.1, -0.05) is 36.3 Å². The lowest BCUT2D eigenvalue weighted by Crippen LogP contribution is -2.60. The number of fused-ring (bicyclic) bond motifs is 2. The third-order valence-corrected chi connectivity index (χ3v) is 10.9. The largest absolute Gasteiger partial charge is 0.458 e. The molecule has 4 fully saturated rings. The minimum absolute atomic E-state index is 0.0487. The summed E-state index contributed by atoms with van der Waals surface area (Å²) >= 11 is 0. The molecule has 7 heteroatoms. The smallest absolute Gasteiger partial charge is 0.303 e. The summed E-state index contributed by atoms with van der Waals surface area (Å²) in [6.45, 7) is 4.51. The lowest BCUT2D eigenvalue weighted by atomic mass is 9.46. The number of nitrogens with zero attached hydrogens (tertiary/aromatic N) is 1. The number of carbonyl (C=O) groups excluding carboxylic acids is 1. The van der Waals surface area contributed by atoms with E-state index in [0.717, 1.165) is 50.5 Å². The van der Waals surface area contributed by atoms with Gasteiger partial charge in [0.1, 0.15) is 17.3 Å². The second-order valence-corrected chi connectivity index (χ2v) is 12.1. The molecule has 0 radical (unpaired) electrons. The molecule has 200 valence electrons. The standard InChI is InChI=1S/C30H39NO6/c1-19(32)36-23-11-14-29-22(15-23)9-10-25-24-12-13-28(35-4,18-34-3)27(24,2)16-26(30(25,29)37-29)21-7-5-20(6-8-21)17-31-33/h5-8,15,17,23-26,33H,9-14,16,18H2,1-4H3/b31-17+/t23-,24-,25-,26+,27-,28+,29-,30-/m0/s1. The first-order valence-electron chi connectivity index (χ1n) is 13.7. The Labute approximate surface area is 219 Å². The van der Waals surface area contributed by atoms with Crippen molar-refractivity contribution in [1.29, 1.82) is 0 Å². The molecule has 1 heterocycles. The van der Waals surface area contributed by atoms with E-state index in [0.29, 0.717) is 18.4 Å². The van der Waals surface area contributed by atoms with Crippen molar-refractivity contribution in [3.63, 3.8) is 0 Å². The minimum atomic E-state index is -0.319. The molecular weight excluding hydrogens is 470 g/mol. The minimum Gasteiger partial charge on any atom is -0.458 e. The van der Waals surface area contributed by atoms with E-state index in [1.165, 1.54) is 24.3 Å². The van der Waals surface area contributed by atoms with Gasteiger partial charge in [0.15, 0.2) is 0 Å². The van der Waals surface area contributed by atoms with Gasteiger partial charge in [-0.2, -0.15) is 0 Å². The Bertz CT molecular complexity index is 1130. The predicted molar refractivity (Wildman–Crippen MR) is 138 cm³/mol. The molecule has 8 atom stereocenters. The fourth-order valence-electron chi connectivity index (χ4n) is 9.38. The number of rotatable bonds is 6. The van der Waals surface area contributed by atoms with E-state index in [9.17, 15) is 4.79 Å². The number of carbonyl (C=O) groups is 1. The fourth-order valence-corrected chi connectivity index (χ4v) is 9.38. The van der Waals surface area contributed by atoms with Crippen molar-refractivity contribution in [1.82, 2.24) is 0 Å². The predicted octanol–water partition coefficient (Wildman–Crippen LogP) is 5.00. The van der Waals surface area contributed by atoms with Crippen LogP contribution in [-0.4, -0.2) is 61.1 Å². The highest BCUT2D eigenvalue weighted by atomic mass is 16.6. The molecule has 6 rings (SSSR count). The van der Waals surface area contributed by atoms with E-state index in [4.69, 9.17) is 24.2 Å². The van der Waals surface area contributed by atoms with E-state index in [1.54, 1.807) is 7.11 Å². The monoisotopic (exact) mass is 509 g/mol. The molecule has 4 aliphatic carbocycles. The highest BCUT2D eigenvalue weighted by Crippen LogP contribution is 2.79. The number of hydrogen-bond acceptors (Lipinski definition) is 7. The first-order chi connectivity index (χ1) is 17.8. The van der Waals surface area contributed by atoms with Gasteiger partial charge in [0.25, 0.3) is 0 Å². The van der Waals surface area contributed by atoms with Gasteiger partial charge in [0, 0.05) is 32.5 Å². The van der Waals surface area contributed by atoms with Crippen molar-refractivity contribution in [2.45, 2.75) is 87.6 Å². The number of benzene rings is 1. The van der Waals surface area contributed by atoms with Gasteiger partial charge >= 0.3 is 5.97 Å². The third kappa shape index (κ3) is 3.29. The zero-order valence-corrected chi connectivity index (χ0v) is 22.4. The van der Waals surface area contributed by atoms with Crippen LogP contribution in [0.3, 0.4) is 0 Å². The maximum atomic E-state index is 11.7. The Morgan fingerprint density at radius 2 is 1.95 bits per heavy atom. The maximum Gasteiger partial charge on any atom is 0.303 e. The molecule has 0 unspecified atom stereocenters. The lowest BCUT2D eigenvalue weighted by molar-refractivity contribution is -0.165. The van der Waals surface area contributed by atoms with Gasteiger partial charge in [0.2, 0.25) is 0 Å². The van der Waals surface area contributed by atoms with Crippen LogP contribution in [0.25, 0.3) is 0 Å². The molecule has 37 heavy (non-hydrogen) atoms. The summed E-state index contributed by atoms with van der Waals surface area (Å²) in [7, 11) is 3.63. The van der Waals surface area contributed by atoms with Crippen molar-refractivity contribution in [2.75, 3.05) is 20.8 Å². The van der Waals surface area contributed by atoms with Crippen molar-refractivity contribution < 1.29 is 28.9 Å². The molecule has 1 saturated heterocycles. The number of methoxy groups -OCH3 is 2. The third-order valence-electron chi connectivity index (χ3n) is 10.9. The average molecular weight is 510 g/mol. The number of ether oxygens (including phenoxy) is 4. The molecule has 2 spiro atoms. The van der Waals surface area contributed by atoms with Crippen LogP contribution >= 0.6 is 0 Å². The van der Waals surface area contributed by atoms with E-state index in [-0.39, 0.29) is 40.2 Å². The van der Waals surface area contributed by atoms with Gasteiger partial charge in [-0.25, -0.2) is 0 Å². The first kappa shape index (κ1) is 25.1. The summed E-state index contributed by atoms with van der Waals surface area (Å²) in [6, 6.07) is 8.40. The molecule has 7 nitrogen and oxygen atoms in total. The average Bonchev–Trinajstić information content (AvgIpc) is 3.48. The molecule has 0 bridgehead atoms. The Morgan fingerprint density at radius 3 is 2.62 bits per heavy atom. The van der Waals surface area contributed by atoms with Crippen LogP contribution in [0.4, 0.5) is 0 Å². The molecule has 5 aliphatic rings. The SMILES string of the molecule is COC[C@]1(OC)CC[C@H]2[C@@H]3CCC4=C[C@@H](OC(C)=O)CC[C@]45O[C@]35[C@@H](c3ccc(/C=N/O)cc3)C[C@@]21C. The van der Waals surface area contributed by atoms with E-state index < -0.39 is 0 Å². The summed E-state index contributed by atoms with van der Waals surface area (Å²) < 4.78 is 24.9. The topological polar surface area (TPSA) is 89.9 Å². The summed E-state index contributed by atoms with van der Waals surface area (Å²) in [6.07, 6.45) is 10.3. The van der Waals surface area contributed by atoms with Gasteiger partial charge < -0.3 is 24.2 Å². The Kier molecular flexibility index (Phi) is 5.86. The molecule has 3 saturated carbocycles. The Morgan fingerprint density at radius 1 is 1.16 bits per heavy atom. The van der Waals surface area contributed by atoms with E-state index in [1.807, 2.05) is 19.2 Å². The molecule has 1 aromatic rings. The van der Waals surface area contributed by atoms with Gasteiger partial charge in [-0.05, 0) is 79.6 Å². The quantitative estimate of drug-likeness (QED) is 0.145. The number of oxime groups is 1. The van der Waals surface area contributed by atoms with Crippen molar-refractivity contribution in [3.05, 3.63) is 47.0 Å². The van der Waals surface area contributed by atoms with Crippen molar-refractivity contribution in [2.24, 2.45) is 22.4 Å². The normalized spacial score (nSPS) is 43.8. The van der Waals surface area contributed by atoms with Crippen LogP contribution in [0.5, 0.6) is 0 Å². The highest BCUT2D eigenvalue weighted by molar-refractivity contribution is 5.79. The first-order valence-corrected chi connectivity index (χ1v) is 13.7. The molecule has 1 aromatic carbocycles. The zero-order valence-electron chi connectivity index (χ0n) is 22.4. The van der Waals surface area contributed by atoms with E-state index >= 15 is 0 Å². The van der Waals surface area contributed by atoms with Gasteiger partial charge in [-0.3, -0.25) is 4.79 Å². The van der Waals surface area contributed by atoms with Crippen LogP contribution in [0.1, 0.15) is 75.8 Å². The summed E-state index contributed by atoms with van der Waals surface area (Å²) in [5, 5.41) is 12.2. The lowest BCUT2D eigenvalue weighted by Gasteiger charge is -2.57. The Balaban J connectivity index is 1.45. The summed E-state index contributed by atoms with van der Waals surface area (Å²) in [4.78, 5) is 11.7. The van der Waals surface area contributed by atoms with Crippen LogP contribution in [0.15, 0.2) is 41.1 Å². The zero-order chi connectivity index (χ0) is 26.1. The van der Waals surface area contributed by atoms with Gasteiger partial charge in [0.05, 0.1) is 18.4 Å². The van der Waals surface area contributed by atoms with Crippen LogP contribution in [0.2, 0.25) is 0 Å². The number of epoxide rings is 1. The highest BCUT2D eigenvalue weighted by Gasteiger charge is 2.84. The second-order valence-electron chi connectivity index (χ2n) is 12.1. The molecule has 0 amide bonds.